The Balaban J connectivity index is 1.64. The van der Waals surface area contributed by atoms with Crippen molar-refractivity contribution in [1.82, 2.24) is 20.0 Å². The number of aliphatic hydroxyl groups excluding tert-OH is 3. The largest absolute Gasteiger partial charge is 0.394 e. The van der Waals surface area contributed by atoms with E-state index in [0.717, 1.165) is 17.8 Å². The van der Waals surface area contributed by atoms with Crippen LogP contribution in [0.2, 0.25) is 5.02 Å². The number of halogens is 3. The lowest BCUT2D eigenvalue weighted by Crippen LogP contribution is -2.55. The Bertz CT molecular complexity index is 1100. The van der Waals surface area contributed by atoms with Crippen LogP contribution in [-0.4, -0.2) is 65.7 Å². The fourth-order valence-electron chi connectivity index (χ4n) is 3.48. The van der Waals surface area contributed by atoms with E-state index in [9.17, 15) is 24.1 Å². The molecule has 3 unspecified atom stereocenters. The molecule has 0 bridgehead atoms. The highest BCUT2D eigenvalue weighted by molar-refractivity contribution is 7.99. The van der Waals surface area contributed by atoms with Crippen LogP contribution in [0.5, 0.6) is 0 Å². The van der Waals surface area contributed by atoms with E-state index in [2.05, 4.69) is 15.3 Å². The monoisotopic (exact) mass is 484 g/mol. The fourth-order valence-corrected chi connectivity index (χ4v) is 4.75. The molecule has 1 saturated heterocycles. The molecule has 170 valence electrons. The van der Waals surface area contributed by atoms with E-state index >= 15 is 0 Å². The van der Waals surface area contributed by atoms with E-state index in [1.54, 1.807) is 12.1 Å². The van der Waals surface area contributed by atoms with Crippen molar-refractivity contribution in [3.63, 3.8) is 0 Å². The summed E-state index contributed by atoms with van der Waals surface area (Å²) < 4.78 is 34.3. The van der Waals surface area contributed by atoms with Gasteiger partial charge in [0.2, 0.25) is 0 Å². The minimum atomic E-state index is -1.32. The third-order valence-electron chi connectivity index (χ3n) is 5.10. The molecule has 32 heavy (non-hydrogen) atoms. The molecule has 0 amide bonds. The molecule has 5 atom stereocenters. The molecule has 1 fully saturated rings. The van der Waals surface area contributed by atoms with Gasteiger partial charge < -0.3 is 20.1 Å². The first kappa shape index (κ1) is 23.0. The fraction of sp³-hybridized carbons (Fsp3) is 0.350. The molecular formula is C20H19ClF2N4O4S. The maximum atomic E-state index is 13.8. The lowest BCUT2D eigenvalue weighted by atomic mass is 9.97. The number of thioether (sulfide) groups is 1. The molecule has 0 aliphatic carbocycles. The first-order valence-electron chi connectivity index (χ1n) is 9.57. The molecule has 1 aromatic carbocycles. The van der Waals surface area contributed by atoms with Crippen LogP contribution in [0, 0.1) is 18.6 Å². The molecule has 0 saturated carbocycles. The Kier molecular flexibility index (Phi) is 6.75. The lowest BCUT2D eigenvalue weighted by molar-refractivity contribution is -0.178. The second-order valence-electron chi connectivity index (χ2n) is 7.30. The number of nitrogens with zero attached hydrogens (tertiary/aromatic N) is 4. The molecule has 8 nitrogen and oxygen atoms in total. The summed E-state index contributed by atoms with van der Waals surface area (Å²) in [5, 5.41) is 40.2. The molecule has 0 spiro atoms. The average molecular weight is 485 g/mol. The quantitative estimate of drug-likeness (QED) is 0.506. The van der Waals surface area contributed by atoms with E-state index in [1.165, 1.54) is 30.1 Å². The van der Waals surface area contributed by atoms with Crippen LogP contribution in [0.3, 0.4) is 0 Å². The van der Waals surface area contributed by atoms with Crippen molar-refractivity contribution in [2.75, 3.05) is 6.61 Å². The summed E-state index contributed by atoms with van der Waals surface area (Å²) in [6.45, 7) is 0.921. The molecule has 4 rings (SSSR count). The Hall–Kier alpha value is -2.15. The first-order chi connectivity index (χ1) is 15.3. The Morgan fingerprint density at radius 3 is 2.69 bits per heavy atom. The van der Waals surface area contributed by atoms with Crippen molar-refractivity contribution < 1.29 is 28.8 Å². The summed E-state index contributed by atoms with van der Waals surface area (Å²) >= 11 is 7.06. The van der Waals surface area contributed by atoms with Gasteiger partial charge in [0.05, 0.1) is 12.8 Å². The lowest BCUT2D eigenvalue weighted by Gasteiger charge is -2.41. The van der Waals surface area contributed by atoms with E-state index in [4.69, 9.17) is 16.3 Å². The maximum absolute atomic E-state index is 13.8. The zero-order valence-corrected chi connectivity index (χ0v) is 18.2. The van der Waals surface area contributed by atoms with Gasteiger partial charge in [-0.15, -0.1) is 5.10 Å². The third kappa shape index (κ3) is 4.49. The zero-order valence-electron chi connectivity index (χ0n) is 16.6. The summed E-state index contributed by atoms with van der Waals surface area (Å²) in [5.41, 5.74) is -0.299. The highest BCUT2D eigenvalue weighted by Crippen LogP contribution is 2.38. The van der Waals surface area contributed by atoms with Crippen LogP contribution < -0.4 is 0 Å². The molecule has 1 aliphatic rings. The van der Waals surface area contributed by atoms with Gasteiger partial charge in [0, 0.05) is 16.8 Å². The highest BCUT2D eigenvalue weighted by atomic mass is 35.5. The van der Waals surface area contributed by atoms with Gasteiger partial charge in [-0.05, 0) is 36.8 Å². The van der Waals surface area contributed by atoms with E-state index in [1.807, 2.05) is 0 Å². The summed E-state index contributed by atoms with van der Waals surface area (Å²) in [6, 6.07) is 4.57. The van der Waals surface area contributed by atoms with Gasteiger partial charge in [-0.2, -0.15) is 0 Å². The van der Waals surface area contributed by atoms with Gasteiger partial charge >= 0.3 is 0 Å². The predicted octanol–water partition coefficient (Wildman–Crippen LogP) is 2.35. The topological polar surface area (TPSA) is 114 Å². The molecular weight excluding hydrogens is 466 g/mol. The van der Waals surface area contributed by atoms with Crippen molar-refractivity contribution in [1.29, 1.82) is 0 Å². The molecule has 3 N–H and O–H groups in total. The van der Waals surface area contributed by atoms with Gasteiger partial charge in [0.15, 0.2) is 11.6 Å². The smallest absolute Gasteiger partial charge is 0.161 e. The van der Waals surface area contributed by atoms with Crippen molar-refractivity contribution in [2.24, 2.45) is 0 Å². The van der Waals surface area contributed by atoms with E-state index in [0.29, 0.717) is 10.0 Å². The number of hydrogen-bond donors (Lipinski definition) is 3. The van der Waals surface area contributed by atoms with Gasteiger partial charge in [0.25, 0.3) is 0 Å². The van der Waals surface area contributed by atoms with Gasteiger partial charge in [-0.25, -0.2) is 18.4 Å². The second-order valence-corrected chi connectivity index (χ2v) is 8.86. The summed E-state index contributed by atoms with van der Waals surface area (Å²) in [7, 11) is 0. The summed E-state index contributed by atoms with van der Waals surface area (Å²) in [5.74, 6) is -1.97. The van der Waals surface area contributed by atoms with Gasteiger partial charge in [0.1, 0.15) is 40.5 Å². The van der Waals surface area contributed by atoms with Crippen LogP contribution >= 0.6 is 23.4 Å². The van der Waals surface area contributed by atoms with E-state index < -0.39 is 48.0 Å². The molecule has 12 heteroatoms. The predicted molar refractivity (Wildman–Crippen MR) is 112 cm³/mol. The minimum Gasteiger partial charge on any atom is -0.394 e. The number of pyridine rings is 1. The molecule has 3 heterocycles. The number of ether oxygens (including phenoxy) is 1. The zero-order chi connectivity index (χ0) is 23.0. The summed E-state index contributed by atoms with van der Waals surface area (Å²) in [6.07, 6.45) is -0.704. The normalized spacial score (nSPS) is 25.8. The average Bonchev–Trinajstić information content (AvgIpc) is 3.23. The van der Waals surface area contributed by atoms with Crippen LogP contribution in [0.25, 0.3) is 11.3 Å². The highest BCUT2D eigenvalue weighted by Gasteiger charge is 2.46. The molecule has 2 aromatic heterocycles. The van der Waals surface area contributed by atoms with Crippen LogP contribution in [0.4, 0.5) is 8.78 Å². The van der Waals surface area contributed by atoms with Gasteiger partial charge in [-0.1, -0.05) is 28.6 Å². The number of benzene rings is 1. The summed E-state index contributed by atoms with van der Waals surface area (Å²) in [4.78, 5) is 4.16. The van der Waals surface area contributed by atoms with Crippen molar-refractivity contribution >= 4 is 23.4 Å². The van der Waals surface area contributed by atoms with E-state index in [-0.39, 0.29) is 16.8 Å². The number of aryl methyl sites for hydroxylation is 1. The van der Waals surface area contributed by atoms with Gasteiger partial charge in [-0.3, -0.25) is 0 Å². The standard InChI is InChI=1S/C20H19ClF2N4O4S/c1-9-4-10(5-12(22)16(9)23)13-7-27(26-25-13)17-18(29)14(8-28)31-20(19(17)30)32-15-6-11(21)2-3-24-15/h2-7,14,17-20,28-30H,8H2,1H3/t14?,17?,18-,19?,20+/m0/s1. The molecule has 1 aliphatic heterocycles. The maximum Gasteiger partial charge on any atom is 0.161 e. The van der Waals surface area contributed by atoms with Crippen LogP contribution in [0.15, 0.2) is 41.7 Å². The first-order valence-corrected chi connectivity index (χ1v) is 10.8. The third-order valence-corrected chi connectivity index (χ3v) is 6.43. The number of aromatic nitrogens is 4. The number of rotatable bonds is 5. The van der Waals surface area contributed by atoms with Crippen LogP contribution in [-0.2, 0) is 4.74 Å². The second kappa shape index (κ2) is 9.38. The number of aliphatic hydroxyl groups is 3. The molecule has 3 aromatic rings. The Morgan fingerprint density at radius 2 is 2.00 bits per heavy atom. The van der Waals surface area contributed by atoms with Crippen molar-refractivity contribution in [3.8, 4) is 11.3 Å². The van der Waals surface area contributed by atoms with Crippen molar-refractivity contribution in [3.05, 3.63) is 58.9 Å². The Morgan fingerprint density at radius 1 is 1.22 bits per heavy atom. The SMILES string of the molecule is Cc1cc(-c2cn(C3C(O)[C@@H](Sc4cc(Cl)ccn4)OC(CO)[C@@H]3O)nn2)cc(F)c1F. The number of hydrogen-bond acceptors (Lipinski definition) is 8. The van der Waals surface area contributed by atoms with Crippen LogP contribution in [0.1, 0.15) is 11.6 Å². The molecule has 0 radical (unpaired) electrons. The van der Waals surface area contributed by atoms with Crippen molar-refractivity contribution in [2.45, 2.75) is 41.7 Å². The Labute approximate surface area is 190 Å². The minimum absolute atomic E-state index is 0.103.